The van der Waals surface area contributed by atoms with Crippen LogP contribution in [-0.2, 0) is 20.7 Å². The number of nitrogen functional groups attached to an aromatic ring is 1. The lowest BCUT2D eigenvalue weighted by atomic mass is 9.94. The van der Waals surface area contributed by atoms with Crippen LogP contribution in [0.3, 0.4) is 0 Å². The number of amides is 2. The first kappa shape index (κ1) is 31.2. The maximum Gasteiger partial charge on any atom is 0.338 e. The largest absolute Gasteiger partial charge is 0.454 e. The summed E-state index contributed by atoms with van der Waals surface area (Å²) in [5.41, 5.74) is 12.1. The van der Waals surface area contributed by atoms with Crippen molar-refractivity contribution in [3.05, 3.63) is 106 Å². The van der Waals surface area contributed by atoms with Crippen molar-refractivity contribution in [3.63, 3.8) is 0 Å². The topological polar surface area (TPSA) is 167 Å². The summed E-state index contributed by atoms with van der Waals surface area (Å²) in [5.74, 6) is -2.28. The Morgan fingerprint density at radius 1 is 0.979 bits per heavy atom. The molecule has 1 aliphatic carbocycles. The van der Waals surface area contributed by atoms with E-state index < -0.39 is 29.6 Å². The van der Waals surface area contributed by atoms with Crippen LogP contribution in [0.25, 0.3) is 11.1 Å². The summed E-state index contributed by atoms with van der Waals surface area (Å²) in [4.78, 5) is 57.2. The van der Waals surface area contributed by atoms with Crippen LogP contribution in [0, 0.1) is 22.7 Å². The molecule has 1 fully saturated rings. The number of esters is 1. The Labute approximate surface area is 274 Å². The zero-order valence-corrected chi connectivity index (χ0v) is 26.3. The van der Waals surface area contributed by atoms with Crippen LogP contribution in [0.2, 0.25) is 0 Å². The standard InChI is InChI=1S/C36H27N5O5S/c1-19(2)32-27(16-37)33(39)40-34(28(32)17-38)47-30-15-31(43)41(35(30)44)24-10-7-20(8-11-24)36(45)46-18-29(42)22-9-12-26-23(14-22)13-21-5-3-4-6-25(21)26/h3-12,14,19,30H,13,15,18H2,1-2H3,(H2,39,40). The van der Waals surface area contributed by atoms with E-state index in [4.69, 9.17) is 10.5 Å². The number of fused-ring (bicyclic) bond motifs is 3. The van der Waals surface area contributed by atoms with Gasteiger partial charge in [-0.2, -0.15) is 10.5 Å². The summed E-state index contributed by atoms with van der Waals surface area (Å²) in [6, 6.07) is 23.4. The number of nitriles is 2. The number of Topliss-reactive ketones (excluding diaryl/α,β-unsaturated/α-hetero) is 1. The molecular formula is C36H27N5O5S. The maximum atomic E-state index is 13.4. The lowest BCUT2D eigenvalue weighted by Crippen LogP contribution is -2.31. The number of nitrogens with two attached hydrogens (primary N) is 1. The van der Waals surface area contributed by atoms with E-state index in [1.807, 2.05) is 44.2 Å². The molecule has 0 spiro atoms. The second-order valence-electron chi connectivity index (χ2n) is 11.5. The smallest absolute Gasteiger partial charge is 0.338 e. The van der Waals surface area contributed by atoms with Crippen LogP contribution in [0.4, 0.5) is 11.5 Å². The molecule has 232 valence electrons. The van der Waals surface area contributed by atoms with Gasteiger partial charge in [-0.1, -0.05) is 62.0 Å². The van der Waals surface area contributed by atoms with Crippen molar-refractivity contribution in [2.24, 2.45) is 0 Å². The molecule has 47 heavy (non-hydrogen) atoms. The van der Waals surface area contributed by atoms with Gasteiger partial charge in [-0.15, -0.1) is 0 Å². The Kier molecular flexibility index (Phi) is 8.33. The molecule has 2 N–H and O–H groups in total. The summed E-state index contributed by atoms with van der Waals surface area (Å²) in [6.45, 7) is 3.20. The molecule has 2 heterocycles. The molecule has 1 atom stereocenters. The minimum Gasteiger partial charge on any atom is -0.454 e. The van der Waals surface area contributed by atoms with Crippen molar-refractivity contribution >= 4 is 46.8 Å². The van der Waals surface area contributed by atoms with E-state index in [-0.39, 0.29) is 51.3 Å². The first-order valence-corrected chi connectivity index (χ1v) is 15.7. The van der Waals surface area contributed by atoms with Gasteiger partial charge < -0.3 is 10.5 Å². The quantitative estimate of drug-likeness (QED) is 0.129. The zero-order chi connectivity index (χ0) is 33.4. The molecule has 1 saturated heterocycles. The van der Waals surface area contributed by atoms with Gasteiger partial charge in [0.2, 0.25) is 11.8 Å². The Balaban J connectivity index is 1.11. The number of ketones is 1. The van der Waals surface area contributed by atoms with Crippen molar-refractivity contribution in [2.45, 2.75) is 42.9 Å². The number of hydrogen-bond acceptors (Lipinski definition) is 10. The Bertz CT molecular complexity index is 2080. The third-order valence-electron chi connectivity index (χ3n) is 8.20. The first-order valence-electron chi connectivity index (χ1n) is 14.8. The summed E-state index contributed by atoms with van der Waals surface area (Å²) in [6.07, 6.45) is 0.592. The molecule has 1 aromatic heterocycles. The predicted octanol–water partition coefficient (Wildman–Crippen LogP) is 5.57. The van der Waals surface area contributed by atoms with Gasteiger partial charge in [0, 0.05) is 12.0 Å². The number of ether oxygens (including phenoxy) is 1. The summed E-state index contributed by atoms with van der Waals surface area (Å²) in [7, 11) is 0. The molecule has 1 aliphatic heterocycles. The highest BCUT2D eigenvalue weighted by Crippen LogP contribution is 2.39. The van der Waals surface area contributed by atoms with Gasteiger partial charge in [0.15, 0.2) is 12.4 Å². The van der Waals surface area contributed by atoms with Crippen LogP contribution in [0.5, 0.6) is 0 Å². The van der Waals surface area contributed by atoms with Crippen LogP contribution < -0.4 is 10.6 Å². The van der Waals surface area contributed by atoms with Crippen molar-refractivity contribution in [3.8, 4) is 23.3 Å². The average Bonchev–Trinajstić information content (AvgIpc) is 3.58. The molecule has 1 unspecified atom stereocenters. The monoisotopic (exact) mass is 641 g/mol. The molecule has 6 rings (SSSR count). The van der Waals surface area contributed by atoms with E-state index in [1.54, 1.807) is 6.07 Å². The molecule has 0 saturated carbocycles. The van der Waals surface area contributed by atoms with E-state index in [0.717, 1.165) is 39.8 Å². The third-order valence-corrected chi connectivity index (χ3v) is 9.37. The highest BCUT2D eigenvalue weighted by atomic mass is 32.2. The number of thioether (sulfide) groups is 1. The second-order valence-corrected chi connectivity index (χ2v) is 12.7. The fourth-order valence-electron chi connectivity index (χ4n) is 5.95. The Morgan fingerprint density at radius 3 is 2.36 bits per heavy atom. The van der Waals surface area contributed by atoms with Crippen molar-refractivity contribution < 1.29 is 23.9 Å². The average molecular weight is 642 g/mol. The zero-order valence-electron chi connectivity index (χ0n) is 25.4. The molecule has 0 radical (unpaired) electrons. The lowest BCUT2D eigenvalue weighted by Gasteiger charge is -2.17. The number of aromatic nitrogens is 1. The van der Waals surface area contributed by atoms with E-state index in [2.05, 4.69) is 23.2 Å². The molecule has 11 heteroatoms. The first-order chi connectivity index (χ1) is 22.6. The number of anilines is 2. The number of benzene rings is 3. The van der Waals surface area contributed by atoms with Crippen LogP contribution in [0.15, 0.2) is 71.8 Å². The van der Waals surface area contributed by atoms with Gasteiger partial charge in [-0.3, -0.25) is 14.4 Å². The minimum atomic E-state index is -0.876. The van der Waals surface area contributed by atoms with Crippen LogP contribution in [0.1, 0.15) is 74.7 Å². The lowest BCUT2D eigenvalue weighted by molar-refractivity contribution is -0.121. The minimum absolute atomic E-state index is 0.0474. The van der Waals surface area contributed by atoms with E-state index in [1.165, 1.54) is 29.8 Å². The number of pyridine rings is 1. The maximum absolute atomic E-state index is 13.4. The number of carbonyl (C=O) groups excluding carboxylic acids is 4. The molecule has 10 nitrogen and oxygen atoms in total. The van der Waals surface area contributed by atoms with Gasteiger partial charge in [-0.05, 0) is 70.5 Å². The Morgan fingerprint density at radius 2 is 1.66 bits per heavy atom. The van der Waals surface area contributed by atoms with Crippen molar-refractivity contribution in [2.75, 3.05) is 17.2 Å². The second kappa shape index (κ2) is 12.5. The molecule has 0 bridgehead atoms. The summed E-state index contributed by atoms with van der Waals surface area (Å²) >= 11 is 0.955. The van der Waals surface area contributed by atoms with Crippen molar-refractivity contribution in [1.29, 1.82) is 10.5 Å². The van der Waals surface area contributed by atoms with Gasteiger partial charge >= 0.3 is 5.97 Å². The van der Waals surface area contributed by atoms with Gasteiger partial charge in [0.05, 0.1) is 27.6 Å². The van der Waals surface area contributed by atoms with Gasteiger partial charge in [0.1, 0.15) is 23.0 Å². The molecule has 4 aromatic rings. The normalized spacial score (nSPS) is 14.8. The fourth-order valence-corrected chi connectivity index (χ4v) is 7.08. The number of carbonyl (C=O) groups is 4. The number of hydrogen-bond donors (Lipinski definition) is 1. The van der Waals surface area contributed by atoms with Gasteiger partial charge in [0.25, 0.3) is 0 Å². The molecule has 2 amide bonds. The number of nitrogens with zero attached hydrogens (tertiary/aromatic N) is 4. The molecule has 2 aliphatic rings. The number of rotatable bonds is 8. The van der Waals surface area contributed by atoms with Gasteiger partial charge in [-0.25, -0.2) is 14.7 Å². The predicted molar refractivity (Wildman–Crippen MR) is 175 cm³/mol. The van der Waals surface area contributed by atoms with Crippen LogP contribution in [-0.4, -0.2) is 40.4 Å². The summed E-state index contributed by atoms with van der Waals surface area (Å²) in [5, 5.41) is 18.7. The summed E-state index contributed by atoms with van der Waals surface area (Å²) < 4.78 is 5.29. The number of imide groups is 1. The van der Waals surface area contributed by atoms with Crippen molar-refractivity contribution in [1.82, 2.24) is 4.98 Å². The highest BCUT2D eigenvalue weighted by Gasteiger charge is 2.41. The SMILES string of the molecule is CC(C)c1c(C#N)c(N)nc(SC2CC(=O)N(c3ccc(C(=O)OCC(=O)c4ccc5c(c4)Cc4ccccc4-5)cc3)C2=O)c1C#N. The third kappa shape index (κ3) is 5.73. The molecular weight excluding hydrogens is 614 g/mol. The van der Waals surface area contributed by atoms with E-state index in [0.29, 0.717) is 11.1 Å². The Hall–Kier alpha value is -5.78. The molecule has 3 aromatic carbocycles. The van der Waals surface area contributed by atoms with Crippen LogP contribution >= 0.6 is 11.8 Å². The van der Waals surface area contributed by atoms with E-state index in [9.17, 15) is 29.7 Å². The fraction of sp³-hybridized carbons (Fsp3) is 0.194. The van der Waals surface area contributed by atoms with E-state index >= 15 is 0 Å². The highest BCUT2D eigenvalue weighted by molar-refractivity contribution is 8.00.